The second-order valence-corrected chi connectivity index (χ2v) is 13.3. The lowest BCUT2D eigenvalue weighted by molar-refractivity contribution is -0.151. The van der Waals surface area contributed by atoms with Crippen LogP contribution in [0.4, 0.5) is 0 Å². The van der Waals surface area contributed by atoms with Gasteiger partial charge in [-0.2, -0.15) is 0 Å². The minimum atomic E-state index is -1.41. The second-order valence-electron chi connectivity index (χ2n) is 11.3. The van der Waals surface area contributed by atoms with Crippen molar-refractivity contribution in [3.63, 3.8) is 0 Å². The van der Waals surface area contributed by atoms with Crippen LogP contribution in [-0.4, -0.2) is 88.8 Å². The number of nitrogens with one attached hydrogen (secondary N) is 2. The van der Waals surface area contributed by atoms with E-state index in [0.717, 1.165) is 25.0 Å². The number of benzene rings is 2. The zero-order valence-electron chi connectivity index (χ0n) is 27.3. The lowest BCUT2D eigenvalue weighted by Gasteiger charge is -2.49. The topological polar surface area (TPSA) is 242 Å². The van der Waals surface area contributed by atoms with E-state index in [2.05, 4.69) is 26.2 Å². The van der Waals surface area contributed by atoms with E-state index in [1.807, 2.05) is 0 Å². The summed E-state index contributed by atoms with van der Waals surface area (Å²) < 4.78 is 17.2. The van der Waals surface area contributed by atoms with Crippen molar-refractivity contribution in [2.45, 2.75) is 36.5 Å². The number of ether oxygens (including phenoxy) is 2. The predicted molar refractivity (Wildman–Crippen MR) is 181 cm³/mol. The number of carbonyl (C=O) groups is 6. The van der Waals surface area contributed by atoms with Gasteiger partial charge < -0.3 is 29.6 Å². The first kappa shape index (κ1) is 35.8. The van der Waals surface area contributed by atoms with Gasteiger partial charge >= 0.3 is 17.9 Å². The van der Waals surface area contributed by atoms with Crippen LogP contribution in [0.2, 0.25) is 0 Å². The van der Waals surface area contributed by atoms with Crippen LogP contribution in [0.15, 0.2) is 74.4 Å². The maximum Gasteiger partial charge on any atom is 0.352 e. The van der Waals surface area contributed by atoms with Crippen LogP contribution in [-0.2, 0) is 31.0 Å². The van der Waals surface area contributed by atoms with Gasteiger partial charge in [-0.05, 0) is 33.7 Å². The van der Waals surface area contributed by atoms with E-state index in [1.54, 1.807) is 37.4 Å². The number of carbonyl (C=O) groups excluding carboxylic acids is 5. The highest BCUT2D eigenvalue weighted by atomic mass is 32.2. The van der Waals surface area contributed by atoms with E-state index in [0.29, 0.717) is 16.3 Å². The van der Waals surface area contributed by atoms with Gasteiger partial charge in [0.05, 0.1) is 5.39 Å². The minimum absolute atomic E-state index is 0.186. The number of hydrogen-bond donors (Lipinski definition) is 3. The van der Waals surface area contributed by atoms with E-state index in [1.165, 1.54) is 40.3 Å². The van der Waals surface area contributed by atoms with Gasteiger partial charge in [-0.1, -0.05) is 42.1 Å². The Morgan fingerprint density at radius 3 is 2.46 bits per heavy atom. The molecule has 2 aromatic heterocycles. The normalized spacial score (nSPS) is 17.1. The van der Waals surface area contributed by atoms with Gasteiger partial charge in [0.15, 0.2) is 11.3 Å². The van der Waals surface area contributed by atoms with Crippen LogP contribution in [0.5, 0.6) is 11.5 Å². The third-order valence-electron chi connectivity index (χ3n) is 7.78. The Bertz CT molecular complexity index is 2240. The average Bonchev–Trinajstić information content (AvgIpc) is 3.53. The van der Waals surface area contributed by atoms with Crippen LogP contribution in [0.25, 0.3) is 11.0 Å². The molecule has 3 amide bonds. The highest BCUT2D eigenvalue weighted by Crippen LogP contribution is 2.42. The first-order valence-electron chi connectivity index (χ1n) is 15.2. The van der Waals surface area contributed by atoms with E-state index < -0.39 is 64.1 Å². The molecule has 0 aliphatic carbocycles. The standard InChI is InChI=1S/C32H27N7O11S2/c1-14(40)49-20-10-9-18-24(42)19(11-48-25(18)26(20)50-15(2)41)27(43)33-21(16-7-5-4-6-8-16)28(44)34-22-29(45)39-23(31(46)47)17(12-51-30(22)39)13-52-32-35-36-37-38(32)3/h4-11,21-22,30H,12-13H2,1-3H3,(H,33,43)(H,34,44)(H,46,47)/t21?,22-,30+/m1/s1. The molecule has 268 valence electrons. The Kier molecular flexibility index (Phi) is 10.1. The fourth-order valence-corrected chi connectivity index (χ4v) is 7.80. The molecule has 20 heteroatoms. The van der Waals surface area contributed by atoms with E-state index in [-0.39, 0.29) is 39.7 Å². The Hall–Kier alpha value is -6.02. The fourth-order valence-electron chi connectivity index (χ4n) is 5.47. The average molecular weight is 750 g/mol. The molecule has 0 radical (unpaired) electrons. The quantitative estimate of drug-likeness (QED) is 0.0843. The molecule has 0 saturated carbocycles. The Morgan fingerprint density at radius 2 is 1.81 bits per heavy atom. The highest BCUT2D eigenvalue weighted by molar-refractivity contribution is 8.01. The second kappa shape index (κ2) is 14.7. The van der Waals surface area contributed by atoms with Crippen molar-refractivity contribution in [3.8, 4) is 11.5 Å². The molecule has 1 saturated heterocycles. The third kappa shape index (κ3) is 6.97. The fraction of sp³-hybridized carbons (Fsp3) is 0.250. The van der Waals surface area contributed by atoms with Crippen LogP contribution < -0.4 is 25.5 Å². The Balaban J connectivity index is 1.23. The number of hydrogen-bond acceptors (Lipinski definition) is 15. The molecule has 2 aliphatic rings. The van der Waals surface area contributed by atoms with Gasteiger partial charge in [0, 0.05) is 32.4 Å². The molecule has 1 unspecified atom stereocenters. The lowest BCUT2D eigenvalue weighted by atomic mass is 10.0. The van der Waals surface area contributed by atoms with Crippen molar-refractivity contribution in [1.82, 2.24) is 35.7 Å². The summed E-state index contributed by atoms with van der Waals surface area (Å²) in [6.07, 6.45) is 0.813. The Labute approximate surface area is 300 Å². The molecule has 18 nitrogen and oxygen atoms in total. The summed E-state index contributed by atoms with van der Waals surface area (Å²) in [4.78, 5) is 91.1. The summed E-state index contributed by atoms with van der Waals surface area (Å²) in [5.41, 5.74) is -1.03. The molecular weight excluding hydrogens is 723 g/mol. The van der Waals surface area contributed by atoms with Crippen LogP contribution in [0, 0.1) is 0 Å². The molecule has 0 spiro atoms. The van der Waals surface area contributed by atoms with Crippen LogP contribution in [0.1, 0.15) is 35.8 Å². The summed E-state index contributed by atoms with van der Waals surface area (Å²) in [6, 6.07) is 7.93. The van der Waals surface area contributed by atoms with Gasteiger partial charge in [0.2, 0.25) is 22.2 Å². The SMILES string of the molecule is CC(=O)Oc1ccc2c(=O)c(C(=O)NC(C(=O)N[C@@H]3C(=O)N4C(C(=O)O)=C(CSc5nnnn5C)CS[C@@H]34)c3ccccc3)coc2c1OC(C)=O. The monoisotopic (exact) mass is 749 g/mol. The summed E-state index contributed by atoms with van der Waals surface area (Å²) in [5.74, 6) is -5.39. The van der Waals surface area contributed by atoms with Crippen molar-refractivity contribution in [2.24, 2.45) is 7.05 Å². The number of carboxylic acid groups (broad SMARTS) is 1. The number of rotatable bonds is 11. The van der Waals surface area contributed by atoms with Crippen molar-refractivity contribution in [1.29, 1.82) is 0 Å². The summed E-state index contributed by atoms with van der Waals surface area (Å²) in [6.45, 7) is 2.21. The molecule has 3 N–H and O–H groups in total. The van der Waals surface area contributed by atoms with Crippen molar-refractivity contribution in [2.75, 3.05) is 11.5 Å². The largest absolute Gasteiger partial charge is 0.477 e. The molecule has 4 aromatic rings. The summed E-state index contributed by atoms with van der Waals surface area (Å²) in [5, 5.41) is 25.9. The molecule has 1 fully saturated rings. The first-order chi connectivity index (χ1) is 24.8. The maximum atomic E-state index is 13.8. The molecule has 4 heterocycles. The number of tetrazole rings is 1. The number of aromatic nitrogens is 4. The zero-order valence-corrected chi connectivity index (χ0v) is 29.0. The predicted octanol–water partition coefficient (Wildman–Crippen LogP) is 1.17. The number of nitrogens with zero attached hydrogens (tertiary/aromatic N) is 5. The number of amides is 3. The minimum Gasteiger partial charge on any atom is -0.477 e. The van der Waals surface area contributed by atoms with E-state index >= 15 is 0 Å². The zero-order chi connectivity index (χ0) is 37.3. The van der Waals surface area contributed by atoms with Gasteiger partial charge in [0.1, 0.15) is 35.0 Å². The van der Waals surface area contributed by atoms with E-state index in [4.69, 9.17) is 13.9 Å². The molecule has 6 rings (SSSR count). The maximum absolute atomic E-state index is 13.8. The summed E-state index contributed by atoms with van der Waals surface area (Å²) >= 11 is 2.48. The molecule has 2 aromatic carbocycles. The summed E-state index contributed by atoms with van der Waals surface area (Å²) in [7, 11) is 1.64. The van der Waals surface area contributed by atoms with Crippen molar-refractivity contribution in [3.05, 3.63) is 81.3 Å². The molecule has 2 aliphatic heterocycles. The number of aryl methyl sites for hydroxylation is 1. The Morgan fingerprint density at radius 1 is 1.08 bits per heavy atom. The number of carboxylic acids is 1. The van der Waals surface area contributed by atoms with Gasteiger partial charge in [-0.3, -0.25) is 33.7 Å². The number of fused-ring (bicyclic) bond motifs is 2. The number of thioether (sulfide) groups is 2. The number of aliphatic carboxylic acids is 1. The van der Waals surface area contributed by atoms with E-state index in [9.17, 15) is 38.7 Å². The van der Waals surface area contributed by atoms with Gasteiger partial charge in [-0.15, -0.1) is 16.9 Å². The third-order valence-corrected chi connectivity index (χ3v) is 10.2. The number of esters is 2. The molecular formula is C32H27N7O11S2. The van der Waals surface area contributed by atoms with Gasteiger partial charge in [0.25, 0.3) is 11.8 Å². The molecule has 3 atom stereocenters. The van der Waals surface area contributed by atoms with Crippen molar-refractivity contribution >= 4 is 70.1 Å². The molecule has 52 heavy (non-hydrogen) atoms. The lowest BCUT2D eigenvalue weighted by Crippen LogP contribution is -2.71. The first-order valence-corrected chi connectivity index (χ1v) is 17.3. The van der Waals surface area contributed by atoms with Crippen LogP contribution in [0.3, 0.4) is 0 Å². The highest BCUT2D eigenvalue weighted by Gasteiger charge is 2.54. The smallest absolute Gasteiger partial charge is 0.352 e. The number of β-lactam (4-membered cyclic amide) rings is 1. The molecule has 0 bridgehead atoms. The van der Waals surface area contributed by atoms with Crippen molar-refractivity contribution < 1.29 is 47.8 Å². The van der Waals surface area contributed by atoms with Crippen LogP contribution >= 0.6 is 23.5 Å². The van der Waals surface area contributed by atoms with Gasteiger partial charge in [-0.25, -0.2) is 9.48 Å².